The van der Waals surface area contributed by atoms with Gasteiger partial charge in [0.05, 0.1) is 23.1 Å². The van der Waals surface area contributed by atoms with Crippen molar-refractivity contribution >= 4 is 28.6 Å². The van der Waals surface area contributed by atoms with E-state index in [4.69, 9.17) is 26.6 Å². The molecule has 0 atom stereocenters. The second-order valence-electron chi connectivity index (χ2n) is 6.35. The molecule has 0 radical (unpaired) electrons. The lowest BCUT2D eigenvalue weighted by atomic mass is 10.1. The number of hydrogen-bond acceptors (Lipinski definition) is 5. The van der Waals surface area contributed by atoms with Crippen LogP contribution in [-0.2, 0) is 6.61 Å². The van der Waals surface area contributed by atoms with Crippen LogP contribution < -0.4 is 4.74 Å². The van der Waals surface area contributed by atoms with Crippen molar-refractivity contribution in [2.24, 2.45) is 0 Å². The summed E-state index contributed by atoms with van der Waals surface area (Å²) in [5.41, 5.74) is 4.11. The zero-order valence-corrected chi connectivity index (χ0v) is 16.3. The van der Waals surface area contributed by atoms with Gasteiger partial charge in [-0.3, -0.25) is 4.98 Å². The molecule has 0 unspecified atom stereocenters. The van der Waals surface area contributed by atoms with Gasteiger partial charge in [-0.05, 0) is 25.1 Å². The van der Waals surface area contributed by atoms with Gasteiger partial charge in [0.25, 0.3) is 0 Å². The summed E-state index contributed by atoms with van der Waals surface area (Å²) in [6.07, 6.45) is 11.7. The van der Waals surface area contributed by atoms with Gasteiger partial charge in [-0.15, -0.1) is 0 Å². The van der Waals surface area contributed by atoms with Crippen LogP contribution in [0.1, 0.15) is 16.8 Å². The molecule has 1 aromatic carbocycles. The number of ether oxygens (including phenoxy) is 1. The maximum absolute atomic E-state index is 8.81. The van der Waals surface area contributed by atoms with E-state index in [1.165, 1.54) is 6.08 Å². The highest BCUT2D eigenvalue weighted by molar-refractivity contribution is 6.31. The molecule has 4 aromatic rings. The van der Waals surface area contributed by atoms with Crippen LogP contribution >= 0.6 is 11.6 Å². The molecule has 3 aromatic heterocycles. The Morgan fingerprint density at radius 1 is 1.28 bits per heavy atom. The molecule has 0 amide bonds. The van der Waals surface area contributed by atoms with Crippen molar-refractivity contribution in [1.82, 2.24) is 19.5 Å². The minimum absolute atomic E-state index is 0.224. The molecule has 29 heavy (non-hydrogen) atoms. The quantitative estimate of drug-likeness (QED) is 0.445. The molecule has 0 saturated carbocycles. The van der Waals surface area contributed by atoms with Crippen LogP contribution in [0.25, 0.3) is 22.7 Å². The Hall–Kier alpha value is -3.69. The largest absolute Gasteiger partial charge is 0.487 e. The molecule has 6 nitrogen and oxygen atoms in total. The molecule has 0 N–H and O–H groups in total. The summed E-state index contributed by atoms with van der Waals surface area (Å²) in [4.78, 5) is 12.9. The van der Waals surface area contributed by atoms with Crippen molar-refractivity contribution in [2.75, 3.05) is 0 Å². The molecule has 7 heteroatoms. The summed E-state index contributed by atoms with van der Waals surface area (Å²) in [6, 6.07) is 9.81. The third-order valence-electron chi connectivity index (χ3n) is 4.44. The third kappa shape index (κ3) is 3.82. The Morgan fingerprint density at radius 3 is 2.97 bits per heavy atom. The van der Waals surface area contributed by atoms with Crippen molar-refractivity contribution in [3.8, 4) is 17.5 Å². The molecule has 0 bridgehead atoms. The van der Waals surface area contributed by atoms with Crippen molar-refractivity contribution in [3.05, 3.63) is 83.3 Å². The number of hydrogen-bond donors (Lipinski definition) is 0. The summed E-state index contributed by atoms with van der Waals surface area (Å²) in [5.74, 6) is 0.649. The Balaban J connectivity index is 1.74. The SMILES string of the molecule is Cc1cc(-n2ccnc2)c2cccc(OCc3c(Cl)cncc3/C=C/C#N)c2n1. The number of imidazole rings is 1. The van der Waals surface area contributed by atoms with Crippen LogP contribution in [0.2, 0.25) is 5.02 Å². The number of allylic oxidation sites excluding steroid dienone is 1. The molecular weight excluding hydrogens is 386 g/mol. The van der Waals surface area contributed by atoms with Crippen LogP contribution in [0.15, 0.2) is 61.5 Å². The fraction of sp³-hybridized carbons (Fsp3) is 0.0909. The highest BCUT2D eigenvalue weighted by Gasteiger charge is 2.12. The molecule has 3 heterocycles. The van der Waals surface area contributed by atoms with Crippen molar-refractivity contribution in [2.45, 2.75) is 13.5 Å². The summed E-state index contributed by atoms with van der Waals surface area (Å²) in [6.45, 7) is 2.17. The summed E-state index contributed by atoms with van der Waals surface area (Å²) in [7, 11) is 0. The van der Waals surface area contributed by atoms with E-state index >= 15 is 0 Å². The number of pyridine rings is 2. The van der Waals surface area contributed by atoms with E-state index in [2.05, 4.69) is 9.97 Å². The molecular formula is C22H16ClN5O. The molecule has 142 valence electrons. The van der Waals surface area contributed by atoms with E-state index in [-0.39, 0.29) is 6.61 Å². The number of aromatic nitrogens is 4. The van der Waals surface area contributed by atoms with Gasteiger partial charge in [0.15, 0.2) is 0 Å². The van der Waals surface area contributed by atoms with Gasteiger partial charge in [-0.2, -0.15) is 5.26 Å². The molecule has 0 spiro atoms. The topological polar surface area (TPSA) is 76.6 Å². The van der Waals surface area contributed by atoms with Gasteiger partial charge in [-0.1, -0.05) is 23.7 Å². The smallest absolute Gasteiger partial charge is 0.146 e. The standard InChI is InChI=1S/C22H16ClN5O/c1-15-10-20(28-9-8-25-14-28)17-5-2-6-21(22(17)27-15)29-13-18-16(4-3-7-24)11-26-12-19(18)23/h2-6,8-12,14H,13H2,1H3/b4-3+. The predicted octanol–water partition coefficient (Wildman–Crippen LogP) is 4.89. The zero-order valence-electron chi connectivity index (χ0n) is 15.6. The summed E-state index contributed by atoms with van der Waals surface area (Å²) >= 11 is 6.33. The van der Waals surface area contributed by atoms with Gasteiger partial charge >= 0.3 is 0 Å². The first-order chi connectivity index (χ1) is 14.2. The Labute approximate surface area is 172 Å². The first-order valence-electron chi connectivity index (χ1n) is 8.87. The van der Waals surface area contributed by atoms with E-state index in [1.807, 2.05) is 48.0 Å². The fourth-order valence-electron chi connectivity index (χ4n) is 3.11. The highest BCUT2D eigenvalue weighted by Crippen LogP contribution is 2.30. The lowest BCUT2D eigenvalue weighted by molar-refractivity contribution is 0.309. The summed E-state index contributed by atoms with van der Waals surface area (Å²) in [5, 5.41) is 10.2. The van der Waals surface area contributed by atoms with Crippen LogP contribution in [-0.4, -0.2) is 19.5 Å². The van der Waals surface area contributed by atoms with Gasteiger partial charge in [0.2, 0.25) is 0 Å². The first-order valence-corrected chi connectivity index (χ1v) is 9.25. The average Bonchev–Trinajstić information content (AvgIpc) is 3.26. The van der Waals surface area contributed by atoms with Crippen molar-refractivity contribution in [1.29, 1.82) is 5.26 Å². The lowest BCUT2D eigenvalue weighted by Gasteiger charge is -2.14. The second kappa shape index (κ2) is 8.13. The maximum atomic E-state index is 8.81. The van der Waals surface area contributed by atoms with Crippen LogP contribution in [0.5, 0.6) is 5.75 Å². The monoisotopic (exact) mass is 401 g/mol. The highest BCUT2D eigenvalue weighted by atomic mass is 35.5. The van der Waals surface area contributed by atoms with E-state index in [1.54, 1.807) is 31.0 Å². The van der Waals surface area contributed by atoms with Gasteiger partial charge < -0.3 is 9.30 Å². The van der Waals surface area contributed by atoms with Crippen molar-refractivity contribution < 1.29 is 4.74 Å². The normalized spacial score (nSPS) is 11.1. The summed E-state index contributed by atoms with van der Waals surface area (Å²) < 4.78 is 8.07. The molecule has 0 saturated heterocycles. The van der Waals surface area contributed by atoms with Gasteiger partial charge in [0.1, 0.15) is 17.9 Å². The number of aryl methyl sites for hydroxylation is 1. The Morgan fingerprint density at radius 2 is 2.17 bits per heavy atom. The van der Waals surface area contributed by atoms with Crippen LogP contribution in [0.3, 0.4) is 0 Å². The lowest BCUT2D eigenvalue weighted by Crippen LogP contribution is -2.02. The molecule has 0 aliphatic carbocycles. The zero-order chi connectivity index (χ0) is 20.2. The first kappa shape index (κ1) is 18.7. The molecule has 4 rings (SSSR count). The molecule has 0 aliphatic heterocycles. The van der Waals surface area contributed by atoms with E-state index in [0.29, 0.717) is 10.8 Å². The number of rotatable bonds is 5. The number of fused-ring (bicyclic) bond motifs is 1. The Kier molecular flexibility index (Phi) is 5.23. The molecule has 0 fully saturated rings. The number of benzene rings is 1. The number of nitrogens with zero attached hydrogens (tertiary/aromatic N) is 5. The van der Waals surface area contributed by atoms with E-state index in [9.17, 15) is 0 Å². The van der Waals surface area contributed by atoms with E-state index in [0.717, 1.165) is 33.4 Å². The minimum Gasteiger partial charge on any atom is -0.487 e. The number of nitriles is 1. The number of para-hydroxylation sites is 1. The minimum atomic E-state index is 0.224. The molecule has 0 aliphatic rings. The second-order valence-corrected chi connectivity index (χ2v) is 6.75. The fourth-order valence-corrected chi connectivity index (χ4v) is 3.33. The van der Waals surface area contributed by atoms with Crippen LogP contribution in [0.4, 0.5) is 0 Å². The van der Waals surface area contributed by atoms with Crippen molar-refractivity contribution in [3.63, 3.8) is 0 Å². The van der Waals surface area contributed by atoms with E-state index < -0.39 is 0 Å². The predicted molar refractivity (Wildman–Crippen MR) is 112 cm³/mol. The maximum Gasteiger partial charge on any atom is 0.146 e. The van der Waals surface area contributed by atoms with Crippen LogP contribution in [0, 0.1) is 18.3 Å². The van der Waals surface area contributed by atoms with Gasteiger partial charge in [-0.25, -0.2) is 9.97 Å². The number of halogens is 1. The Bertz CT molecular complexity index is 1240. The third-order valence-corrected chi connectivity index (χ3v) is 4.76. The van der Waals surface area contributed by atoms with Gasteiger partial charge in [0, 0.05) is 53.1 Å². The average molecular weight is 402 g/mol.